The van der Waals surface area contributed by atoms with E-state index in [1.165, 1.54) is 0 Å². The summed E-state index contributed by atoms with van der Waals surface area (Å²) in [7, 11) is 0. The predicted molar refractivity (Wildman–Crippen MR) is 74.9 cm³/mol. The van der Waals surface area contributed by atoms with Crippen LogP contribution in [0.1, 0.15) is 18.1 Å². The van der Waals surface area contributed by atoms with Crippen molar-refractivity contribution in [1.29, 1.82) is 0 Å². The SMILES string of the molecule is CC(=NOC(=O)Cc1ccccc1)c1ccccc1. The maximum Gasteiger partial charge on any atom is 0.339 e. The lowest BCUT2D eigenvalue weighted by Gasteiger charge is -2.01. The molecule has 0 bridgehead atoms. The Hall–Kier alpha value is -2.42. The van der Waals surface area contributed by atoms with Crippen LogP contribution in [-0.2, 0) is 16.1 Å². The van der Waals surface area contributed by atoms with Gasteiger partial charge in [-0.15, -0.1) is 0 Å². The third-order valence-corrected chi connectivity index (χ3v) is 2.67. The zero-order valence-corrected chi connectivity index (χ0v) is 10.7. The van der Waals surface area contributed by atoms with Gasteiger partial charge < -0.3 is 4.84 Å². The average molecular weight is 253 g/mol. The second-order valence-corrected chi connectivity index (χ2v) is 4.17. The lowest BCUT2D eigenvalue weighted by Crippen LogP contribution is -2.06. The molecule has 0 saturated carbocycles. The molecule has 0 aromatic heterocycles. The van der Waals surface area contributed by atoms with E-state index in [2.05, 4.69) is 5.16 Å². The van der Waals surface area contributed by atoms with Crippen LogP contribution in [0.25, 0.3) is 0 Å². The van der Waals surface area contributed by atoms with Crippen LogP contribution in [0.4, 0.5) is 0 Å². The lowest BCUT2D eigenvalue weighted by molar-refractivity contribution is -0.142. The highest BCUT2D eigenvalue weighted by Crippen LogP contribution is 2.03. The highest BCUT2D eigenvalue weighted by atomic mass is 16.7. The summed E-state index contributed by atoms with van der Waals surface area (Å²) in [5.41, 5.74) is 2.54. The van der Waals surface area contributed by atoms with Gasteiger partial charge >= 0.3 is 5.97 Å². The summed E-state index contributed by atoms with van der Waals surface area (Å²) >= 11 is 0. The summed E-state index contributed by atoms with van der Waals surface area (Å²) in [4.78, 5) is 16.5. The molecular weight excluding hydrogens is 238 g/mol. The molecule has 2 aromatic rings. The maximum absolute atomic E-state index is 11.6. The van der Waals surface area contributed by atoms with Gasteiger partial charge in [-0.3, -0.25) is 0 Å². The van der Waals surface area contributed by atoms with E-state index in [1.54, 1.807) is 0 Å². The monoisotopic (exact) mass is 253 g/mol. The summed E-state index contributed by atoms with van der Waals surface area (Å²) in [5.74, 6) is -0.360. The Balaban J connectivity index is 1.93. The van der Waals surface area contributed by atoms with E-state index >= 15 is 0 Å². The Labute approximate surface area is 112 Å². The molecule has 0 atom stereocenters. The van der Waals surface area contributed by atoms with Gasteiger partial charge in [-0.25, -0.2) is 4.79 Å². The van der Waals surface area contributed by atoms with Gasteiger partial charge in [0.2, 0.25) is 0 Å². The molecule has 0 aliphatic rings. The Kier molecular flexibility index (Phi) is 4.45. The minimum atomic E-state index is -0.360. The Morgan fingerprint density at radius 1 is 1.00 bits per heavy atom. The standard InChI is InChI=1S/C16H15NO2/c1-13(15-10-6-3-7-11-15)17-19-16(18)12-14-8-4-2-5-9-14/h2-11H,12H2,1H3. The van der Waals surface area contributed by atoms with Crippen molar-refractivity contribution in [3.63, 3.8) is 0 Å². The summed E-state index contributed by atoms with van der Waals surface area (Å²) in [6.45, 7) is 1.81. The number of carbonyl (C=O) groups is 1. The largest absolute Gasteiger partial charge is 0.339 e. The molecule has 2 aromatic carbocycles. The first-order chi connectivity index (χ1) is 9.25. The highest BCUT2D eigenvalue weighted by Gasteiger charge is 2.05. The summed E-state index contributed by atoms with van der Waals surface area (Å²) in [5, 5.41) is 3.86. The quantitative estimate of drug-likeness (QED) is 0.477. The van der Waals surface area contributed by atoms with Crippen LogP contribution < -0.4 is 0 Å². The van der Waals surface area contributed by atoms with E-state index in [1.807, 2.05) is 67.6 Å². The molecule has 3 nitrogen and oxygen atoms in total. The van der Waals surface area contributed by atoms with Crippen molar-refractivity contribution in [3.05, 3.63) is 71.8 Å². The number of hydrogen-bond donors (Lipinski definition) is 0. The first-order valence-corrected chi connectivity index (χ1v) is 6.09. The first kappa shape index (κ1) is 13.0. The minimum Gasteiger partial charge on any atom is -0.318 e. The van der Waals surface area contributed by atoms with E-state index in [-0.39, 0.29) is 12.4 Å². The van der Waals surface area contributed by atoms with Gasteiger partial charge in [0.1, 0.15) is 0 Å². The minimum absolute atomic E-state index is 0.229. The smallest absolute Gasteiger partial charge is 0.318 e. The van der Waals surface area contributed by atoms with Gasteiger partial charge in [-0.2, -0.15) is 0 Å². The van der Waals surface area contributed by atoms with E-state index < -0.39 is 0 Å². The number of hydrogen-bond acceptors (Lipinski definition) is 3. The molecule has 19 heavy (non-hydrogen) atoms. The van der Waals surface area contributed by atoms with E-state index in [4.69, 9.17) is 4.84 Å². The van der Waals surface area contributed by atoms with Crippen LogP contribution in [0.5, 0.6) is 0 Å². The fraction of sp³-hybridized carbons (Fsp3) is 0.125. The second kappa shape index (κ2) is 6.50. The number of rotatable bonds is 4. The average Bonchev–Trinajstić information content (AvgIpc) is 2.47. The van der Waals surface area contributed by atoms with Crippen molar-refractivity contribution in [2.75, 3.05) is 0 Å². The summed E-state index contributed by atoms with van der Waals surface area (Å²) in [6.07, 6.45) is 0.229. The first-order valence-electron chi connectivity index (χ1n) is 6.09. The topological polar surface area (TPSA) is 38.7 Å². The Bertz CT molecular complexity index is 562. The molecule has 0 heterocycles. The summed E-state index contributed by atoms with van der Waals surface area (Å²) in [6, 6.07) is 19.1. The van der Waals surface area contributed by atoms with Crippen molar-refractivity contribution in [1.82, 2.24) is 0 Å². The van der Waals surface area contributed by atoms with Crippen LogP contribution in [0.3, 0.4) is 0 Å². The van der Waals surface area contributed by atoms with Gasteiger partial charge in [0, 0.05) is 0 Å². The van der Waals surface area contributed by atoms with Gasteiger partial charge in [-0.05, 0) is 18.1 Å². The van der Waals surface area contributed by atoms with E-state index in [9.17, 15) is 4.79 Å². The molecule has 0 unspecified atom stereocenters. The molecule has 2 rings (SSSR count). The molecule has 0 saturated heterocycles. The van der Waals surface area contributed by atoms with Gasteiger partial charge in [0.15, 0.2) is 0 Å². The van der Waals surface area contributed by atoms with Gasteiger partial charge in [0.05, 0.1) is 12.1 Å². The molecule has 96 valence electrons. The van der Waals surface area contributed by atoms with Crippen LogP contribution in [-0.4, -0.2) is 11.7 Å². The van der Waals surface area contributed by atoms with Crippen molar-refractivity contribution < 1.29 is 9.63 Å². The molecule has 0 radical (unpaired) electrons. The normalized spacial score (nSPS) is 11.1. The molecule has 3 heteroatoms. The Morgan fingerprint density at radius 3 is 2.21 bits per heavy atom. The molecular formula is C16H15NO2. The number of benzene rings is 2. The van der Waals surface area contributed by atoms with Gasteiger partial charge in [-0.1, -0.05) is 65.8 Å². The fourth-order valence-electron chi connectivity index (χ4n) is 1.65. The number of oxime groups is 1. The number of carbonyl (C=O) groups excluding carboxylic acids is 1. The zero-order chi connectivity index (χ0) is 13.5. The highest BCUT2D eigenvalue weighted by molar-refractivity contribution is 5.98. The van der Waals surface area contributed by atoms with Gasteiger partial charge in [0.25, 0.3) is 0 Å². The fourth-order valence-corrected chi connectivity index (χ4v) is 1.65. The van der Waals surface area contributed by atoms with Crippen LogP contribution in [0.2, 0.25) is 0 Å². The van der Waals surface area contributed by atoms with E-state index in [0.717, 1.165) is 11.1 Å². The third kappa shape index (κ3) is 4.07. The molecule has 0 fully saturated rings. The lowest BCUT2D eigenvalue weighted by atomic mass is 10.1. The maximum atomic E-state index is 11.6. The molecule has 0 N–H and O–H groups in total. The third-order valence-electron chi connectivity index (χ3n) is 2.67. The van der Waals surface area contributed by atoms with Crippen LogP contribution in [0, 0.1) is 0 Å². The van der Waals surface area contributed by atoms with E-state index in [0.29, 0.717) is 5.71 Å². The molecule has 0 spiro atoms. The zero-order valence-electron chi connectivity index (χ0n) is 10.7. The summed E-state index contributed by atoms with van der Waals surface area (Å²) < 4.78 is 0. The molecule has 0 aliphatic carbocycles. The predicted octanol–water partition coefficient (Wildman–Crippen LogP) is 3.20. The van der Waals surface area contributed by atoms with Crippen molar-refractivity contribution >= 4 is 11.7 Å². The number of nitrogens with zero attached hydrogens (tertiary/aromatic N) is 1. The molecule has 0 amide bonds. The second-order valence-electron chi connectivity index (χ2n) is 4.17. The van der Waals surface area contributed by atoms with Crippen molar-refractivity contribution in [2.45, 2.75) is 13.3 Å². The van der Waals surface area contributed by atoms with Crippen molar-refractivity contribution in [2.24, 2.45) is 5.16 Å². The van der Waals surface area contributed by atoms with Crippen molar-refractivity contribution in [3.8, 4) is 0 Å². The molecule has 0 aliphatic heterocycles. The van der Waals surface area contributed by atoms with Crippen LogP contribution >= 0.6 is 0 Å². The van der Waals surface area contributed by atoms with Crippen LogP contribution in [0.15, 0.2) is 65.8 Å². The Morgan fingerprint density at radius 2 is 1.58 bits per heavy atom.